The zero-order valence-electron chi connectivity index (χ0n) is 10.2. The number of hydrogen-bond donors (Lipinski definition) is 2. The quantitative estimate of drug-likeness (QED) is 0.725. The van der Waals surface area contributed by atoms with Crippen molar-refractivity contribution in [3.63, 3.8) is 0 Å². The third-order valence-electron chi connectivity index (χ3n) is 1.67. The highest BCUT2D eigenvalue weighted by Crippen LogP contribution is 2.17. The fourth-order valence-corrected chi connectivity index (χ4v) is 1.08. The van der Waals surface area contributed by atoms with E-state index in [2.05, 4.69) is 9.75 Å². The van der Waals surface area contributed by atoms with E-state index in [1.807, 2.05) is 0 Å². The Hall–Kier alpha value is -1.54. The van der Waals surface area contributed by atoms with Crippen LogP contribution in [-0.2, 0) is 4.74 Å². The van der Waals surface area contributed by atoms with Gasteiger partial charge in [0.05, 0.1) is 6.20 Å². The molecule has 0 saturated heterocycles. The Morgan fingerprint density at radius 2 is 2.06 bits per heavy atom. The Morgan fingerprint density at radius 1 is 1.47 bits per heavy atom. The smallest absolute Gasteiger partial charge is 0.509 e. The van der Waals surface area contributed by atoms with E-state index in [1.54, 1.807) is 27.7 Å². The fraction of sp³-hybridized carbons (Fsp3) is 0.556. The summed E-state index contributed by atoms with van der Waals surface area (Å²) < 4.78 is 10.6. The molecule has 1 heterocycles. The van der Waals surface area contributed by atoms with Crippen LogP contribution in [0.1, 0.15) is 26.5 Å². The van der Waals surface area contributed by atoms with Gasteiger partial charge in [-0.25, -0.2) is 4.79 Å². The first-order chi connectivity index (χ1) is 7.69. The lowest BCUT2D eigenvalue weighted by atomic mass is 10.2. The van der Waals surface area contributed by atoms with E-state index >= 15 is 0 Å². The maximum Gasteiger partial charge on any atom is 0.707 e. The summed E-state index contributed by atoms with van der Waals surface area (Å²) in [4.78, 5) is 11.6. The second kappa shape index (κ2) is 4.76. The lowest BCUT2D eigenvalue weighted by Crippen LogP contribution is -2.27. The highest BCUT2D eigenvalue weighted by molar-refractivity contribution is 6.33. The van der Waals surface area contributed by atoms with Crippen molar-refractivity contribution in [2.24, 2.45) is 0 Å². The van der Waals surface area contributed by atoms with E-state index in [1.165, 1.54) is 6.20 Å². The van der Waals surface area contributed by atoms with Crippen LogP contribution in [0.5, 0.6) is 5.75 Å². The van der Waals surface area contributed by atoms with Gasteiger partial charge in [0.25, 0.3) is 0 Å². The Bertz CT molecular complexity index is 410. The first kappa shape index (κ1) is 13.5. The molecule has 0 unspecified atom stereocenters. The van der Waals surface area contributed by atoms with E-state index in [0.29, 0.717) is 5.69 Å². The predicted octanol–water partition coefficient (Wildman–Crippen LogP) is 0.323. The fourth-order valence-electron chi connectivity index (χ4n) is 1.08. The molecular weight excluding hydrogens is 227 g/mol. The van der Waals surface area contributed by atoms with Crippen molar-refractivity contribution in [3.8, 4) is 5.75 Å². The van der Waals surface area contributed by atoms with Crippen molar-refractivity contribution in [2.75, 3.05) is 0 Å². The average Bonchev–Trinajstić information content (AvgIpc) is 2.44. The summed E-state index contributed by atoms with van der Waals surface area (Å²) in [6.45, 7) is 6.76. The zero-order valence-corrected chi connectivity index (χ0v) is 10.2. The van der Waals surface area contributed by atoms with Gasteiger partial charge in [-0.3, -0.25) is 0 Å². The van der Waals surface area contributed by atoms with Crippen LogP contribution in [0.4, 0.5) is 4.79 Å². The molecule has 8 heteroatoms. The number of hydrogen-bond acceptors (Lipinski definition) is 6. The zero-order chi connectivity index (χ0) is 13.2. The Balaban J connectivity index is 2.82. The van der Waals surface area contributed by atoms with Gasteiger partial charge in [-0.15, -0.1) is 0 Å². The normalized spacial score (nSPS) is 11.2. The van der Waals surface area contributed by atoms with Crippen LogP contribution in [0.3, 0.4) is 0 Å². The molecule has 94 valence electrons. The van der Waals surface area contributed by atoms with Gasteiger partial charge < -0.3 is 19.4 Å². The van der Waals surface area contributed by atoms with Crippen molar-refractivity contribution in [1.29, 1.82) is 0 Å². The number of nitrogens with zero attached hydrogens (tertiary/aromatic N) is 2. The lowest BCUT2D eigenvalue weighted by molar-refractivity contribution is 0.0513. The second-order valence-corrected chi connectivity index (χ2v) is 4.45. The van der Waals surface area contributed by atoms with Gasteiger partial charge in [0.1, 0.15) is 17.0 Å². The number of aromatic nitrogens is 2. The highest BCUT2D eigenvalue weighted by atomic mass is 16.6. The van der Waals surface area contributed by atoms with Gasteiger partial charge in [0, 0.05) is 0 Å². The first-order valence-electron chi connectivity index (χ1n) is 5.01. The number of carbonyl (C=O) groups excluding carboxylic acids is 1. The summed E-state index contributed by atoms with van der Waals surface area (Å²) >= 11 is 0. The number of rotatable bonds is 2. The van der Waals surface area contributed by atoms with Gasteiger partial charge in [-0.2, -0.15) is 9.78 Å². The average molecular weight is 242 g/mol. The summed E-state index contributed by atoms with van der Waals surface area (Å²) in [5.41, 5.74) is -0.280. The van der Waals surface area contributed by atoms with E-state index in [0.717, 1.165) is 4.68 Å². The maximum absolute atomic E-state index is 11.6. The Kier molecular flexibility index (Phi) is 3.79. The molecule has 1 aromatic heterocycles. The molecule has 0 spiro atoms. The van der Waals surface area contributed by atoms with E-state index in [9.17, 15) is 4.79 Å². The number of carbonyl (C=O) groups is 1. The van der Waals surface area contributed by atoms with Crippen molar-refractivity contribution in [2.45, 2.75) is 33.3 Å². The van der Waals surface area contributed by atoms with Crippen LogP contribution < -0.4 is 4.65 Å². The van der Waals surface area contributed by atoms with Crippen LogP contribution >= 0.6 is 0 Å². The van der Waals surface area contributed by atoms with Crippen molar-refractivity contribution < 1.29 is 24.2 Å². The van der Waals surface area contributed by atoms with Crippen LogP contribution in [0.2, 0.25) is 0 Å². The van der Waals surface area contributed by atoms with E-state index in [4.69, 9.17) is 14.8 Å². The van der Waals surface area contributed by atoms with Gasteiger partial charge in [0.15, 0.2) is 0 Å². The molecule has 0 atom stereocenters. The summed E-state index contributed by atoms with van der Waals surface area (Å²) in [7, 11) is -1.95. The highest BCUT2D eigenvalue weighted by Gasteiger charge is 2.21. The molecule has 0 aromatic carbocycles. The van der Waals surface area contributed by atoms with Gasteiger partial charge in [-0.05, 0) is 27.7 Å². The maximum atomic E-state index is 11.6. The van der Waals surface area contributed by atoms with Gasteiger partial charge in [0.2, 0.25) is 0 Å². The minimum absolute atomic E-state index is 0.103. The molecule has 0 radical (unpaired) electrons. The molecule has 0 aliphatic carbocycles. The summed E-state index contributed by atoms with van der Waals surface area (Å²) in [5, 5.41) is 21.1. The molecule has 1 aromatic rings. The van der Waals surface area contributed by atoms with Crippen molar-refractivity contribution in [1.82, 2.24) is 9.78 Å². The molecule has 17 heavy (non-hydrogen) atoms. The van der Waals surface area contributed by atoms with Gasteiger partial charge >= 0.3 is 13.4 Å². The Morgan fingerprint density at radius 3 is 2.53 bits per heavy atom. The van der Waals surface area contributed by atoms with Crippen LogP contribution in [0, 0.1) is 6.92 Å². The predicted molar refractivity (Wildman–Crippen MR) is 59.4 cm³/mol. The Labute approximate surface area is 99.1 Å². The van der Waals surface area contributed by atoms with Crippen LogP contribution in [-0.4, -0.2) is 38.8 Å². The molecular formula is C9H15BN2O5. The standard InChI is InChI=1S/C9H15BN2O5/c1-6-7(17-10(14)15)5-12(11-6)8(13)16-9(2,3)4/h5,14-15H,1-4H3. The molecule has 0 saturated carbocycles. The summed E-state index contributed by atoms with van der Waals surface area (Å²) in [6, 6.07) is 0. The largest absolute Gasteiger partial charge is 0.707 e. The minimum Gasteiger partial charge on any atom is -0.509 e. The van der Waals surface area contributed by atoms with E-state index in [-0.39, 0.29) is 5.75 Å². The van der Waals surface area contributed by atoms with Crippen molar-refractivity contribution >= 4 is 13.4 Å². The first-order valence-corrected chi connectivity index (χ1v) is 5.01. The molecule has 1 rings (SSSR count). The third-order valence-corrected chi connectivity index (χ3v) is 1.67. The number of aryl methyl sites for hydroxylation is 1. The minimum atomic E-state index is -1.95. The molecule has 2 N–H and O–H groups in total. The van der Waals surface area contributed by atoms with E-state index < -0.39 is 19.0 Å². The molecule has 0 bridgehead atoms. The molecule has 0 fully saturated rings. The molecule has 7 nitrogen and oxygen atoms in total. The molecule has 0 amide bonds. The monoisotopic (exact) mass is 242 g/mol. The SMILES string of the molecule is Cc1nn(C(=O)OC(C)(C)C)cc1OB(O)O. The van der Waals surface area contributed by atoms with Crippen LogP contribution in [0.15, 0.2) is 6.20 Å². The van der Waals surface area contributed by atoms with Crippen molar-refractivity contribution in [3.05, 3.63) is 11.9 Å². The van der Waals surface area contributed by atoms with Gasteiger partial charge in [-0.1, -0.05) is 0 Å². The lowest BCUT2D eigenvalue weighted by Gasteiger charge is -2.18. The third kappa shape index (κ3) is 4.08. The second-order valence-electron chi connectivity index (χ2n) is 4.45. The topological polar surface area (TPSA) is 93.8 Å². The summed E-state index contributed by atoms with van der Waals surface area (Å²) in [5.74, 6) is 0.103. The van der Waals surface area contributed by atoms with Crippen LogP contribution in [0.25, 0.3) is 0 Å². The molecule has 0 aliphatic heterocycles. The summed E-state index contributed by atoms with van der Waals surface area (Å²) in [6.07, 6.45) is 0.561. The number of ether oxygens (including phenoxy) is 1. The molecule has 0 aliphatic rings.